The Bertz CT molecular complexity index is 662. The molecule has 20 heavy (non-hydrogen) atoms. The molecule has 0 bridgehead atoms. The molecule has 1 N–H and O–H groups in total. The van der Waals surface area contributed by atoms with Crippen LogP contribution in [0.5, 0.6) is 5.75 Å². The molecule has 1 unspecified atom stereocenters. The van der Waals surface area contributed by atoms with Crippen molar-refractivity contribution in [1.29, 1.82) is 0 Å². The van der Waals surface area contributed by atoms with E-state index in [0.29, 0.717) is 6.04 Å². The number of hydrogen-bond donors (Lipinski definition) is 1. The van der Waals surface area contributed by atoms with Gasteiger partial charge in [0.25, 0.3) is 0 Å². The highest BCUT2D eigenvalue weighted by atomic mass is 16.5. The molecule has 0 spiro atoms. The fraction of sp³-hybridized carbons (Fsp3) is 0.333. The molecule has 0 fully saturated rings. The third-order valence-corrected chi connectivity index (χ3v) is 4.62. The first kappa shape index (κ1) is 12.0. The monoisotopic (exact) mass is 265 g/mol. The minimum Gasteiger partial charge on any atom is -0.492 e. The molecule has 1 heterocycles. The van der Waals surface area contributed by atoms with Crippen molar-refractivity contribution >= 4 is 0 Å². The lowest BCUT2D eigenvalue weighted by Gasteiger charge is -2.14. The normalized spacial score (nSPS) is 19.6. The smallest absolute Gasteiger partial charge is 0.130 e. The van der Waals surface area contributed by atoms with Crippen molar-refractivity contribution in [3.8, 4) is 16.9 Å². The van der Waals surface area contributed by atoms with Crippen molar-refractivity contribution in [3.05, 3.63) is 53.1 Å². The first-order valence-corrected chi connectivity index (χ1v) is 7.42. The number of fused-ring (bicyclic) bond motifs is 2. The van der Waals surface area contributed by atoms with Gasteiger partial charge in [0.1, 0.15) is 5.75 Å². The number of benzene rings is 2. The second kappa shape index (κ2) is 4.64. The molecule has 1 aliphatic heterocycles. The van der Waals surface area contributed by atoms with E-state index in [1.165, 1.54) is 34.2 Å². The number of nitrogens with one attached hydrogen (secondary N) is 1. The van der Waals surface area contributed by atoms with Crippen LogP contribution in [0.3, 0.4) is 0 Å². The Kier molecular flexibility index (Phi) is 2.78. The van der Waals surface area contributed by atoms with E-state index in [-0.39, 0.29) is 0 Å². The summed E-state index contributed by atoms with van der Waals surface area (Å²) in [5, 5.41) is 3.42. The SMILES string of the molecule is CNC1CCc2c(-c3cccc4c3OCC4)cccc21. The van der Waals surface area contributed by atoms with Crippen LogP contribution in [-0.2, 0) is 12.8 Å². The molecule has 1 aliphatic carbocycles. The molecule has 2 heteroatoms. The van der Waals surface area contributed by atoms with E-state index < -0.39 is 0 Å². The Labute approximate surface area is 119 Å². The quantitative estimate of drug-likeness (QED) is 0.897. The van der Waals surface area contributed by atoms with Crippen LogP contribution in [0.25, 0.3) is 11.1 Å². The number of rotatable bonds is 2. The molecule has 2 aromatic carbocycles. The first-order valence-electron chi connectivity index (χ1n) is 7.42. The van der Waals surface area contributed by atoms with Gasteiger partial charge in [0, 0.05) is 18.0 Å². The second-order valence-corrected chi connectivity index (χ2v) is 5.65. The summed E-state index contributed by atoms with van der Waals surface area (Å²) in [5.74, 6) is 1.11. The Morgan fingerprint density at radius 1 is 1.05 bits per heavy atom. The summed E-state index contributed by atoms with van der Waals surface area (Å²) in [4.78, 5) is 0. The van der Waals surface area contributed by atoms with Crippen LogP contribution in [0.2, 0.25) is 0 Å². The molecule has 2 aromatic rings. The standard InChI is InChI=1S/C18H19NO/c1-19-17-9-8-14-13(5-3-6-15(14)17)16-7-2-4-12-10-11-20-18(12)16/h2-7,17,19H,8-11H2,1H3. The van der Waals surface area contributed by atoms with E-state index in [2.05, 4.69) is 48.8 Å². The molecule has 0 saturated heterocycles. The summed E-state index contributed by atoms with van der Waals surface area (Å²) < 4.78 is 5.88. The zero-order chi connectivity index (χ0) is 13.5. The highest BCUT2D eigenvalue weighted by molar-refractivity contribution is 5.77. The molecule has 0 saturated carbocycles. The van der Waals surface area contributed by atoms with Crippen molar-refractivity contribution in [2.75, 3.05) is 13.7 Å². The molecule has 2 aliphatic rings. The average molecular weight is 265 g/mol. The topological polar surface area (TPSA) is 21.3 Å². The summed E-state index contributed by atoms with van der Waals surface area (Å²) in [6, 6.07) is 13.7. The average Bonchev–Trinajstić information content (AvgIpc) is 3.12. The Balaban J connectivity index is 1.89. The summed E-state index contributed by atoms with van der Waals surface area (Å²) in [5.41, 5.74) is 6.94. The van der Waals surface area contributed by atoms with Gasteiger partial charge in [-0.1, -0.05) is 36.4 Å². The lowest BCUT2D eigenvalue weighted by Crippen LogP contribution is -2.12. The maximum Gasteiger partial charge on any atom is 0.130 e. The van der Waals surface area contributed by atoms with Gasteiger partial charge in [-0.25, -0.2) is 0 Å². The second-order valence-electron chi connectivity index (χ2n) is 5.65. The zero-order valence-corrected chi connectivity index (χ0v) is 11.8. The van der Waals surface area contributed by atoms with Crippen molar-refractivity contribution < 1.29 is 4.74 Å². The van der Waals surface area contributed by atoms with Crippen molar-refractivity contribution in [3.63, 3.8) is 0 Å². The molecule has 102 valence electrons. The summed E-state index contributed by atoms with van der Waals surface area (Å²) >= 11 is 0. The molecular formula is C18H19NO. The van der Waals surface area contributed by atoms with E-state index in [0.717, 1.165) is 25.2 Å². The highest BCUT2D eigenvalue weighted by Gasteiger charge is 2.25. The summed E-state index contributed by atoms with van der Waals surface area (Å²) in [6.45, 7) is 0.820. The van der Waals surface area contributed by atoms with Crippen LogP contribution >= 0.6 is 0 Å². The lowest BCUT2D eigenvalue weighted by atomic mass is 9.94. The Hall–Kier alpha value is -1.80. The van der Waals surface area contributed by atoms with Crippen molar-refractivity contribution in [1.82, 2.24) is 5.32 Å². The van der Waals surface area contributed by atoms with E-state index in [1.807, 2.05) is 0 Å². The minimum atomic E-state index is 0.502. The molecule has 4 rings (SSSR count). The number of para-hydroxylation sites is 1. The zero-order valence-electron chi connectivity index (χ0n) is 11.8. The molecule has 0 amide bonds. The summed E-state index contributed by atoms with van der Waals surface area (Å²) in [6.07, 6.45) is 3.39. The maximum absolute atomic E-state index is 5.88. The van der Waals surface area contributed by atoms with Gasteiger partial charge in [0.05, 0.1) is 6.61 Å². The van der Waals surface area contributed by atoms with E-state index in [1.54, 1.807) is 0 Å². The molecule has 0 radical (unpaired) electrons. The predicted octanol–water partition coefficient (Wildman–Crippen LogP) is 3.50. The molecule has 2 nitrogen and oxygen atoms in total. The van der Waals surface area contributed by atoms with Gasteiger partial charge < -0.3 is 10.1 Å². The van der Waals surface area contributed by atoms with Crippen molar-refractivity contribution in [2.45, 2.75) is 25.3 Å². The van der Waals surface area contributed by atoms with Gasteiger partial charge in [-0.15, -0.1) is 0 Å². The van der Waals surface area contributed by atoms with Gasteiger partial charge in [-0.05, 0) is 42.1 Å². The van der Waals surface area contributed by atoms with Crippen LogP contribution in [0.1, 0.15) is 29.2 Å². The van der Waals surface area contributed by atoms with Gasteiger partial charge in [-0.2, -0.15) is 0 Å². The van der Waals surface area contributed by atoms with Gasteiger partial charge in [-0.3, -0.25) is 0 Å². The van der Waals surface area contributed by atoms with Crippen LogP contribution in [0.4, 0.5) is 0 Å². The van der Waals surface area contributed by atoms with Crippen LogP contribution in [-0.4, -0.2) is 13.7 Å². The van der Waals surface area contributed by atoms with Crippen LogP contribution in [0, 0.1) is 0 Å². The van der Waals surface area contributed by atoms with Crippen LogP contribution < -0.4 is 10.1 Å². The maximum atomic E-state index is 5.88. The minimum absolute atomic E-state index is 0.502. The largest absolute Gasteiger partial charge is 0.492 e. The fourth-order valence-electron chi connectivity index (χ4n) is 3.63. The van der Waals surface area contributed by atoms with E-state index in [4.69, 9.17) is 4.74 Å². The van der Waals surface area contributed by atoms with Crippen molar-refractivity contribution in [2.24, 2.45) is 0 Å². The fourth-order valence-corrected chi connectivity index (χ4v) is 3.63. The third-order valence-electron chi connectivity index (χ3n) is 4.62. The third kappa shape index (κ3) is 1.68. The van der Waals surface area contributed by atoms with Gasteiger partial charge in [0.15, 0.2) is 0 Å². The highest BCUT2D eigenvalue weighted by Crippen LogP contribution is 2.42. The van der Waals surface area contributed by atoms with Crippen LogP contribution in [0.15, 0.2) is 36.4 Å². The molecule has 0 aromatic heterocycles. The summed E-state index contributed by atoms with van der Waals surface area (Å²) in [7, 11) is 2.05. The van der Waals surface area contributed by atoms with E-state index in [9.17, 15) is 0 Å². The van der Waals surface area contributed by atoms with E-state index >= 15 is 0 Å². The first-order chi connectivity index (χ1) is 9.88. The Morgan fingerprint density at radius 3 is 2.80 bits per heavy atom. The number of hydrogen-bond acceptors (Lipinski definition) is 2. The lowest BCUT2D eigenvalue weighted by molar-refractivity contribution is 0.358. The molecular weight excluding hydrogens is 246 g/mol. The number of ether oxygens (including phenoxy) is 1. The Morgan fingerprint density at radius 2 is 1.90 bits per heavy atom. The van der Waals surface area contributed by atoms with Gasteiger partial charge >= 0.3 is 0 Å². The molecule has 1 atom stereocenters. The van der Waals surface area contributed by atoms with Gasteiger partial charge in [0.2, 0.25) is 0 Å². The predicted molar refractivity (Wildman–Crippen MR) is 81.2 cm³/mol.